The summed E-state index contributed by atoms with van der Waals surface area (Å²) in [4.78, 5) is 58.7. The van der Waals surface area contributed by atoms with Crippen molar-refractivity contribution in [2.24, 2.45) is 17.3 Å². The molecule has 2 aliphatic heterocycles. The fourth-order valence-electron chi connectivity index (χ4n) is 7.85. The maximum Gasteiger partial charge on any atom is 0.407 e. The summed E-state index contributed by atoms with van der Waals surface area (Å²) >= 11 is 0. The van der Waals surface area contributed by atoms with Crippen LogP contribution in [0.15, 0.2) is 60.7 Å². The van der Waals surface area contributed by atoms with Crippen LogP contribution in [0.4, 0.5) is 13.6 Å². The number of fused-ring (bicyclic) bond motifs is 8. The Kier molecular flexibility index (Phi) is 11.7. The highest BCUT2D eigenvalue weighted by atomic mass is 32.2. The number of ether oxygens (including phenoxy) is 1. The van der Waals surface area contributed by atoms with Gasteiger partial charge in [0, 0.05) is 24.1 Å². The summed E-state index contributed by atoms with van der Waals surface area (Å²) in [6, 6.07) is 14.0. The number of sulfonamides is 1. The number of alkyl halides is 2. The Labute approximate surface area is 342 Å². The molecule has 3 heterocycles. The van der Waals surface area contributed by atoms with Gasteiger partial charge in [0.2, 0.25) is 28.3 Å². The minimum absolute atomic E-state index is 0.0318. The molecule has 14 nitrogen and oxygen atoms in total. The van der Waals surface area contributed by atoms with Gasteiger partial charge in [0.25, 0.3) is 5.91 Å². The molecule has 1 saturated heterocycles. The highest BCUT2D eigenvalue weighted by Crippen LogP contribution is 2.49. The quantitative estimate of drug-likeness (QED) is 0.278. The number of alkyl carbamates (subject to hydrolysis) is 1. The van der Waals surface area contributed by atoms with Crippen LogP contribution < -0.4 is 15.4 Å². The number of rotatable bonds is 7. The predicted octanol–water partition coefficient (Wildman–Crippen LogP) is 5.48. The number of carbonyl (C=O) groups excluding carboxylic acids is 4. The third-order valence-corrected chi connectivity index (χ3v) is 13.4. The van der Waals surface area contributed by atoms with Crippen LogP contribution >= 0.6 is 0 Å². The Hall–Kier alpha value is -5.19. The largest absolute Gasteiger partial charge is 0.449 e. The molecule has 1 aromatic heterocycles. The van der Waals surface area contributed by atoms with E-state index >= 15 is 0 Å². The lowest BCUT2D eigenvalue weighted by molar-refractivity contribution is -0.143. The molecule has 3 fully saturated rings. The van der Waals surface area contributed by atoms with Crippen molar-refractivity contribution < 1.29 is 41.1 Å². The first-order valence-corrected chi connectivity index (χ1v) is 21.7. The molecular weight excluding hydrogens is 785 g/mol. The van der Waals surface area contributed by atoms with Gasteiger partial charge in [0.1, 0.15) is 29.0 Å². The number of hydrogen-bond donors (Lipinski definition) is 3. The van der Waals surface area contributed by atoms with E-state index in [0.29, 0.717) is 24.2 Å². The average Bonchev–Trinajstić information content (AvgIpc) is 4.09. The van der Waals surface area contributed by atoms with Gasteiger partial charge in [-0.05, 0) is 61.5 Å². The van der Waals surface area contributed by atoms with Crippen LogP contribution in [0.3, 0.4) is 0 Å². The van der Waals surface area contributed by atoms with Gasteiger partial charge in [-0.3, -0.25) is 19.1 Å². The van der Waals surface area contributed by atoms with Gasteiger partial charge in [-0.25, -0.2) is 22.0 Å². The van der Waals surface area contributed by atoms with Crippen LogP contribution in [-0.4, -0.2) is 94.6 Å². The third kappa shape index (κ3) is 9.19. The first kappa shape index (κ1) is 42.0. The number of halogens is 2. The number of hydrogen-bond acceptors (Lipinski definition) is 9. The highest BCUT2D eigenvalue weighted by Gasteiger charge is 2.67. The topological polar surface area (TPSA) is 182 Å². The van der Waals surface area contributed by atoms with E-state index in [-0.39, 0.29) is 25.5 Å². The summed E-state index contributed by atoms with van der Waals surface area (Å²) in [6.07, 6.45) is 2.78. The molecule has 0 spiro atoms. The summed E-state index contributed by atoms with van der Waals surface area (Å²) in [6.45, 7) is 7.19. The van der Waals surface area contributed by atoms with Gasteiger partial charge >= 0.3 is 6.09 Å². The number of nitrogens with one attached hydrogen (secondary N) is 3. The van der Waals surface area contributed by atoms with E-state index < -0.39 is 86.9 Å². The Bertz CT molecular complexity index is 2220. The van der Waals surface area contributed by atoms with Crippen molar-refractivity contribution in [3.05, 3.63) is 66.2 Å². The summed E-state index contributed by atoms with van der Waals surface area (Å²) < 4.78 is 61.5. The van der Waals surface area contributed by atoms with E-state index in [1.807, 2.05) is 72.3 Å². The molecule has 6 bridgehead atoms. The molecule has 4 aliphatic rings. The molecule has 4 amide bonds. The number of nitrogens with zero attached hydrogens (tertiary/aromatic N) is 4. The van der Waals surface area contributed by atoms with E-state index in [1.165, 1.54) is 9.70 Å². The van der Waals surface area contributed by atoms with Crippen molar-refractivity contribution in [1.29, 1.82) is 0 Å². The van der Waals surface area contributed by atoms with E-state index in [9.17, 15) is 36.4 Å². The van der Waals surface area contributed by atoms with Gasteiger partial charge in [0.15, 0.2) is 0 Å². The van der Waals surface area contributed by atoms with Crippen molar-refractivity contribution in [3.8, 4) is 22.5 Å². The summed E-state index contributed by atoms with van der Waals surface area (Å²) in [5.74, 6) is -4.45. The average molecular weight is 836 g/mol. The molecule has 2 aliphatic carbocycles. The molecule has 3 aromatic rings. The van der Waals surface area contributed by atoms with Crippen LogP contribution in [-0.2, 0) is 29.1 Å². The maximum atomic E-state index is 14.8. The number of amides is 4. The molecule has 6 atom stereocenters. The lowest BCUT2D eigenvalue weighted by atomic mass is 9.85. The van der Waals surface area contributed by atoms with E-state index in [1.54, 1.807) is 20.8 Å². The first-order valence-electron chi connectivity index (χ1n) is 20.2. The standard InChI is InChI=1S/C42H51F2N7O7S/c1-25-12-7-5-8-13-26-14-11-17-28(20-26)34-33(27-15-9-6-10-16-27)47-51(48-34)29-21-32(50(23-29)38(53)35(41(2,3)4)45-40(55)58-24-25)37(52)46-42(22-31(42)36(43)44)39(54)49-59(56,57)30-18-19-30/h6,8-11,13-17,20,25,29-32,35-36H,5,7,12,18-19,21-24H2,1-4H3,(H,45,55)(H,46,52)(H,49,54)/b13-8+/t25-,29?,31+,32+,35-,42+/m1/s1. The van der Waals surface area contributed by atoms with Gasteiger partial charge in [-0.1, -0.05) is 88.4 Å². The Morgan fingerprint density at radius 2 is 1.69 bits per heavy atom. The van der Waals surface area contributed by atoms with E-state index in [4.69, 9.17) is 14.9 Å². The Morgan fingerprint density at radius 3 is 2.36 bits per heavy atom. The number of cyclic esters (lactones) is 1. The molecule has 2 aromatic carbocycles. The molecule has 59 heavy (non-hydrogen) atoms. The molecule has 7 rings (SSSR count). The van der Waals surface area contributed by atoms with Gasteiger partial charge in [0.05, 0.1) is 23.8 Å². The SMILES string of the molecule is C[C@@H]1CCC/C=C/c2cccc(c2)-c2nn(nc2-c2ccccc2)C2C[C@@H](C(=O)N[C@@]3(C(=O)NS(=O)(=O)C4CC4)C[C@H]3C(F)F)N(C2)C(=O)[C@H](C(C)(C)C)NC(=O)OC1. The summed E-state index contributed by atoms with van der Waals surface area (Å²) in [5.41, 5.74) is 0.487. The molecule has 1 unspecified atom stereocenters. The molecule has 0 radical (unpaired) electrons. The van der Waals surface area contributed by atoms with Gasteiger partial charge < -0.3 is 20.3 Å². The lowest BCUT2D eigenvalue weighted by Gasteiger charge is -2.35. The zero-order valence-electron chi connectivity index (χ0n) is 33.6. The second kappa shape index (κ2) is 16.5. The van der Waals surface area contributed by atoms with Gasteiger partial charge in [-0.2, -0.15) is 15.0 Å². The van der Waals surface area contributed by atoms with E-state index in [0.717, 1.165) is 36.0 Å². The third-order valence-electron chi connectivity index (χ3n) is 11.5. The second-order valence-electron chi connectivity index (χ2n) is 17.4. The lowest BCUT2D eigenvalue weighted by Crippen LogP contribution is -2.60. The Balaban J connectivity index is 1.28. The Morgan fingerprint density at radius 1 is 1.00 bits per heavy atom. The van der Waals surface area contributed by atoms with Crippen LogP contribution in [0.5, 0.6) is 0 Å². The monoisotopic (exact) mass is 835 g/mol. The van der Waals surface area contributed by atoms with Crippen molar-refractivity contribution in [2.75, 3.05) is 13.2 Å². The zero-order chi connectivity index (χ0) is 42.3. The van der Waals surface area contributed by atoms with Crippen LogP contribution in [0.1, 0.15) is 84.2 Å². The van der Waals surface area contributed by atoms with Crippen molar-refractivity contribution >= 4 is 39.9 Å². The zero-order valence-corrected chi connectivity index (χ0v) is 34.4. The molecule has 3 N–H and O–H groups in total. The molecule has 316 valence electrons. The van der Waals surface area contributed by atoms with Crippen molar-refractivity contribution in [2.45, 2.75) is 108 Å². The smallest absolute Gasteiger partial charge is 0.407 e. The number of aromatic nitrogens is 3. The van der Waals surface area contributed by atoms with Gasteiger partial charge in [-0.15, -0.1) is 0 Å². The summed E-state index contributed by atoms with van der Waals surface area (Å²) in [7, 11) is -4.14. The van der Waals surface area contributed by atoms with Crippen LogP contribution in [0, 0.1) is 17.3 Å². The minimum Gasteiger partial charge on any atom is -0.449 e. The van der Waals surface area contributed by atoms with Crippen molar-refractivity contribution in [1.82, 2.24) is 35.2 Å². The van der Waals surface area contributed by atoms with Crippen LogP contribution in [0.2, 0.25) is 0 Å². The van der Waals surface area contributed by atoms with Crippen molar-refractivity contribution in [3.63, 3.8) is 0 Å². The summed E-state index contributed by atoms with van der Waals surface area (Å²) in [5, 5.41) is 14.3. The predicted molar refractivity (Wildman–Crippen MR) is 215 cm³/mol. The molecular formula is C42H51F2N7O7S. The fourth-order valence-corrected chi connectivity index (χ4v) is 9.21. The fraction of sp³-hybridized carbons (Fsp3) is 0.524. The molecule has 2 saturated carbocycles. The first-order chi connectivity index (χ1) is 28.0. The second-order valence-corrected chi connectivity index (χ2v) is 19.3. The molecule has 17 heteroatoms. The normalized spacial score (nSPS) is 27.2. The number of benzene rings is 2. The number of allylic oxidation sites excluding steroid dienone is 1. The number of carbonyl (C=O) groups is 4. The van der Waals surface area contributed by atoms with E-state index in [2.05, 4.69) is 16.7 Å². The highest BCUT2D eigenvalue weighted by molar-refractivity contribution is 7.91. The maximum absolute atomic E-state index is 14.8. The van der Waals surface area contributed by atoms with Crippen LogP contribution in [0.25, 0.3) is 28.6 Å². The minimum atomic E-state index is -4.14.